The molecule has 0 spiro atoms. The molecule has 1 aliphatic carbocycles. The highest BCUT2D eigenvalue weighted by Crippen LogP contribution is 2.19. The number of nitrogens with one attached hydrogen (secondary N) is 1. The Kier molecular flexibility index (Phi) is 5.68. The summed E-state index contributed by atoms with van der Waals surface area (Å²) >= 11 is 0. The minimum atomic E-state index is -0.252. The van der Waals surface area contributed by atoms with Gasteiger partial charge in [0.15, 0.2) is 0 Å². The van der Waals surface area contributed by atoms with Crippen LogP contribution in [0.5, 0.6) is 5.75 Å². The number of hydrogen-bond acceptors (Lipinski definition) is 4. The predicted molar refractivity (Wildman–Crippen MR) is 90.5 cm³/mol. The smallest absolute Gasteiger partial charge is 0.237 e. The second-order valence-electron chi connectivity index (χ2n) is 6.64. The third kappa shape index (κ3) is 4.92. The van der Waals surface area contributed by atoms with Gasteiger partial charge in [0, 0.05) is 38.8 Å². The Labute approximate surface area is 142 Å². The van der Waals surface area contributed by atoms with Gasteiger partial charge in [0.2, 0.25) is 5.91 Å². The van der Waals surface area contributed by atoms with Gasteiger partial charge in [0.25, 0.3) is 0 Å². The van der Waals surface area contributed by atoms with Crippen LogP contribution in [0.15, 0.2) is 24.3 Å². The van der Waals surface area contributed by atoms with Crippen molar-refractivity contribution in [1.82, 2.24) is 15.1 Å². The van der Waals surface area contributed by atoms with Crippen LogP contribution >= 0.6 is 0 Å². The maximum absolute atomic E-state index is 12.8. The number of amides is 1. The van der Waals surface area contributed by atoms with Crippen LogP contribution in [0.2, 0.25) is 0 Å². The van der Waals surface area contributed by atoms with E-state index in [4.69, 9.17) is 4.74 Å². The third-order valence-electron chi connectivity index (χ3n) is 4.75. The fraction of sp³-hybridized carbons (Fsp3) is 0.611. The average molecular weight is 335 g/mol. The third-order valence-corrected chi connectivity index (χ3v) is 4.75. The monoisotopic (exact) mass is 335 g/mol. The summed E-state index contributed by atoms with van der Waals surface area (Å²) in [5.74, 6) is 0.601. The van der Waals surface area contributed by atoms with Crippen molar-refractivity contribution in [1.29, 1.82) is 0 Å². The van der Waals surface area contributed by atoms with E-state index in [1.807, 2.05) is 6.92 Å². The standard InChI is InChI=1S/C18H26FN3O2/c1-14(18(23)20-16-4-5-16)22-10-8-21(9-11-22)12-13-24-17-6-2-15(19)3-7-17/h2-3,6-7,14,16H,4-5,8-13H2,1H3,(H,20,23). The Morgan fingerprint density at radius 1 is 1.25 bits per heavy atom. The summed E-state index contributed by atoms with van der Waals surface area (Å²) in [7, 11) is 0. The van der Waals surface area contributed by atoms with E-state index < -0.39 is 0 Å². The van der Waals surface area contributed by atoms with Gasteiger partial charge >= 0.3 is 0 Å². The molecule has 2 fully saturated rings. The normalized spacial score (nSPS) is 20.6. The van der Waals surface area contributed by atoms with E-state index >= 15 is 0 Å². The Balaban J connectivity index is 1.34. The van der Waals surface area contributed by atoms with Gasteiger partial charge in [-0.1, -0.05) is 0 Å². The molecule has 1 aliphatic heterocycles. The Bertz CT molecular complexity index is 540. The molecule has 1 aromatic rings. The van der Waals surface area contributed by atoms with Gasteiger partial charge in [0.1, 0.15) is 18.2 Å². The van der Waals surface area contributed by atoms with E-state index in [1.165, 1.54) is 12.1 Å². The Morgan fingerprint density at radius 2 is 1.92 bits per heavy atom. The van der Waals surface area contributed by atoms with Crippen molar-refractivity contribution >= 4 is 5.91 Å². The molecule has 1 heterocycles. The predicted octanol–water partition coefficient (Wildman–Crippen LogP) is 1.49. The van der Waals surface area contributed by atoms with Crippen LogP contribution in [0.25, 0.3) is 0 Å². The van der Waals surface area contributed by atoms with Crippen molar-refractivity contribution in [3.05, 3.63) is 30.1 Å². The van der Waals surface area contributed by atoms with Crippen LogP contribution in [0, 0.1) is 5.82 Å². The first-order valence-electron chi connectivity index (χ1n) is 8.77. The summed E-state index contributed by atoms with van der Waals surface area (Å²) in [6.07, 6.45) is 2.25. The van der Waals surface area contributed by atoms with Crippen LogP contribution in [0.1, 0.15) is 19.8 Å². The molecule has 1 N–H and O–H groups in total. The summed E-state index contributed by atoms with van der Waals surface area (Å²) in [6.45, 7) is 7.09. The summed E-state index contributed by atoms with van der Waals surface area (Å²) in [5.41, 5.74) is 0. The second kappa shape index (κ2) is 7.94. The van der Waals surface area contributed by atoms with Gasteiger partial charge < -0.3 is 10.1 Å². The number of halogens is 1. The number of carbonyl (C=O) groups excluding carboxylic acids is 1. The maximum atomic E-state index is 12.8. The topological polar surface area (TPSA) is 44.8 Å². The van der Waals surface area contributed by atoms with Gasteiger partial charge in [-0.2, -0.15) is 0 Å². The summed E-state index contributed by atoms with van der Waals surface area (Å²) < 4.78 is 18.5. The van der Waals surface area contributed by atoms with E-state index in [1.54, 1.807) is 12.1 Å². The highest BCUT2D eigenvalue weighted by molar-refractivity contribution is 5.81. The zero-order valence-electron chi connectivity index (χ0n) is 14.2. The van der Waals surface area contributed by atoms with E-state index in [2.05, 4.69) is 15.1 Å². The van der Waals surface area contributed by atoms with Crippen LogP contribution in [-0.2, 0) is 4.79 Å². The Morgan fingerprint density at radius 3 is 2.54 bits per heavy atom. The molecule has 24 heavy (non-hydrogen) atoms. The minimum absolute atomic E-state index is 0.0526. The van der Waals surface area contributed by atoms with Crippen molar-refractivity contribution in [2.24, 2.45) is 0 Å². The number of benzene rings is 1. The number of rotatable bonds is 7. The number of nitrogens with zero attached hydrogens (tertiary/aromatic N) is 2. The molecule has 5 nitrogen and oxygen atoms in total. The molecule has 6 heteroatoms. The van der Waals surface area contributed by atoms with Crippen LogP contribution < -0.4 is 10.1 Å². The molecule has 0 aromatic heterocycles. The Hall–Kier alpha value is -1.66. The van der Waals surface area contributed by atoms with Gasteiger partial charge in [-0.05, 0) is 44.0 Å². The van der Waals surface area contributed by atoms with Crippen molar-refractivity contribution in [3.8, 4) is 5.75 Å². The maximum Gasteiger partial charge on any atom is 0.237 e. The highest BCUT2D eigenvalue weighted by atomic mass is 19.1. The summed E-state index contributed by atoms with van der Waals surface area (Å²) in [6, 6.07) is 6.47. The van der Waals surface area contributed by atoms with Gasteiger partial charge in [-0.15, -0.1) is 0 Å². The van der Waals surface area contributed by atoms with Crippen molar-refractivity contribution in [3.63, 3.8) is 0 Å². The molecule has 1 saturated heterocycles. The van der Waals surface area contributed by atoms with E-state index in [-0.39, 0.29) is 17.8 Å². The number of hydrogen-bond donors (Lipinski definition) is 1. The molecule has 1 amide bonds. The molecular weight excluding hydrogens is 309 g/mol. The van der Waals surface area contributed by atoms with Crippen LogP contribution in [0.3, 0.4) is 0 Å². The first-order valence-corrected chi connectivity index (χ1v) is 8.77. The molecule has 1 atom stereocenters. The molecule has 1 aromatic carbocycles. The lowest BCUT2D eigenvalue weighted by Gasteiger charge is -2.37. The van der Waals surface area contributed by atoms with Gasteiger partial charge in [0.05, 0.1) is 6.04 Å². The van der Waals surface area contributed by atoms with Crippen LogP contribution in [-0.4, -0.2) is 67.1 Å². The lowest BCUT2D eigenvalue weighted by Crippen LogP contribution is -2.54. The van der Waals surface area contributed by atoms with Crippen molar-refractivity contribution in [2.75, 3.05) is 39.3 Å². The number of piperazine rings is 1. The van der Waals surface area contributed by atoms with E-state index in [9.17, 15) is 9.18 Å². The zero-order chi connectivity index (χ0) is 16.9. The molecular formula is C18H26FN3O2. The number of carbonyl (C=O) groups is 1. The van der Waals surface area contributed by atoms with E-state index in [0.29, 0.717) is 18.4 Å². The van der Waals surface area contributed by atoms with Crippen LogP contribution in [0.4, 0.5) is 4.39 Å². The molecule has 3 rings (SSSR count). The second-order valence-corrected chi connectivity index (χ2v) is 6.64. The summed E-state index contributed by atoms with van der Waals surface area (Å²) in [5, 5.41) is 3.08. The largest absolute Gasteiger partial charge is 0.492 e. The fourth-order valence-electron chi connectivity index (χ4n) is 2.91. The van der Waals surface area contributed by atoms with Gasteiger partial charge in [-0.3, -0.25) is 14.6 Å². The number of ether oxygens (including phenoxy) is 1. The minimum Gasteiger partial charge on any atom is -0.492 e. The molecule has 0 bridgehead atoms. The first-order chi connectivity index (χ1) is 11.6. The quantitative estimate of drug-likeness (QED) is 0.820. The van der Waals surface area contributed by atoms with E-state index in [0.717, 1.165) is 45.6 Å². The molecule has 2 aliphatic rings. The average Bonchev–Trinajstić information content (AvgIpc) is 3.40. The molecule has 132 valence electrons. The molecule has 1 saturated carbocycles. The lowest BCUT2D eigenvalue weighted by molar-refractivity contribution is -0.126. The summed E-state index contributed by atoms with van der Waals surface area (Å²) in [4.78, 5) is 16.7. The lowest BCUT2D eigenvalue weighted by atomic mass is 10.2. The first kappa shape index (κ1) is 17.2. The molecule has 0 radical (unpaired) electrons. The zero-order valence-corrected chi connectivity index (χ0v) is 14.2. The highest BCUT2D eigenvalue weighted by Gasteiger charge is 2.29. The van der Waals surface area contributed by atoms with Crippen molar-refractivity contribution in [2.45, 2.75) is 31.8 Å². The van der Waals surface area contributed by atoms with Crippen molar-refractivity contribution < 1.29 is 13.9 Å². The van der Waals surface area contributed by atoms with Gasteiger partial charge in [-0.25, -0.2) is 4.39 Å². The fourth-order valence-corrected chi connectivity index (χ4v) is 2.91. The SMILES string of the molecule is CC(C(=O)NC1CC1)N1CCN(CCOc2ccc(F)cc2)CC1. The molecule has 1 unspecified atom stereocenters.